The largest absolute Gasteiger partial charge is 0.489 e. The highest BCUT2D eigenvalue weighted by Gasteiger charge is 2.59. The van der Waals surface area contributed by atoms with Gasteiger partial charge in [-0.3, -0.25) is 9.59 Å². The molecule has 2 amide bonds. The summed E-state index contributed by atoms with van der Waals surface area (Å²) < 4.78 is 5.77. The second kappa shape index (κ2) is 7.16. The highest BCUT2D eigenvalue weighted by Crippen LogP contribution is 2.52. The van der Waals surface area contributed by atoms with E-state index in [2.05, 4.69) is 17.3 Å². The molecule has 1 saturated carbocycles. The van der Waals surface area contributed by atoms with Gasteiger partial charge in [0.2, 0.25) is 0 Å². The number of rotatable bonds is 5. The molecule has 5 nitrogen and oxygen atoms in total. The van der Waals surface area contributed by atoms with E-state index in [1.54, 1.807) is 6.21 Å². The summed E-state index contributed by atoms with van der Waals surface area (Å²) in [6.45, 7) is 0.378. The van der Waals surface area contributed by atoms with E-state index < -0.39 is 0 Å². The summed E-state index contributed by atoms with van der Waals surface area (Å²) >= 11 is 6.14. The van der Waals surface area contributed by atoms with Crippen LogP contribution in [-0.2, 0) is 16.2 Å². The van der Waals surface area contributed by atoms with E-state index in [4.69, 9.17) is 16.3 Å². The Morgan fingerprint density at radius 3 is 2.31 bits per heavy atom. The maximum atomic E-state index is 12.6. The van der Waals surface area contributed by atoms with E-state index in [0.717, 1.165) is 22.6 Å². The SMILES string of the molecule is O=C1C2C3C=CC(C3)C2C(=O)N1N=Cc1ccc(OCc2ccccc2Cl)cc1. The van der Waals surface area contributed by atoms with E-state index in [-0.39, 0.29) is 35.5 Å². The summed E-state index contributed by atoms with van der Waals surface area (Å²) in [7, 11) is 0. The van der Waals surface area contributed by atoms with Crippen LogP contribution in [0.1, 0.15) is 17.5 Å². The molecule has 146 valence electrons. The van der Waals surface area contributed by atoms with Crippen molar-refractivity contribution in [3.05, 3.63) is 76.8 Å². The topological polar surface area (TPSA) is 59.0 Å². The first-order chi connectivity index (χ1) is 14.1. The van der Waals surface area contributed by atoms with Crippen molar-refractivity contribution in [2.45, 2.75) is 13.0 Å². The number of ether oxygens (including phenoxy) is 1. The molecule has 1 aliphatic heterocycles. The monoisotopic (exact) mass is 406 g/mol. The Morgan fingerprint density at radius 1 is 1.00 bits per heavy atom. The van der Waals surface area contributed by atoms with Crippen LogP contribution in [0.25, 0.3) is 0 Å². The number of carbonyl (C=O) groups excluding carboxylic acids is 2. The first kappa shape index (κ1) is 18.1. The summed E-state index contributed by atoms with van der Waals surface area (Å²) in [6.07, 6.45) is 6.61. The Bertz CT molecular complexity index is 1000. The number of halogens is 1. The van der Waals surface area contributed by atoms with Gasteiger partial charge in [-0.1, -0.05) is 42.0 Å². The molecule has 0 N–H and O–H groups in total. The van der Waals surface area contributed by atoms with Crippen molar-refractivity contribution in [3.63, 3.8) is 0 Å². The van der Waals surface area contributed by atoms with Gasteiger partial charge in [-0.05, 0) is 54.2 Å². The zero-order chi connectivity index (χ0) is 20.0. The molecule has 4 atom stereocenters. The van der Waals surface area contributed by atoms with Crippen LogP contribution >= 0.6 is 11.6 Å². The van der Waals surface area contributed by atoms with Crippen molar-refractivity contribution < 1.29 is 14.3 Å². The third kappa shape index (κ3) is 3.15. The van der Waals surface area contributed by atoms with Crippen molar-refractivity contribution >= 4 is 29.6 Å². The fraction of sp³-hybridized carbons (Fsp3) is 0.261. The molecule has 2 fully saturated rings. The molecule has 2 aliphatic carbocycles. The average Bonchev–Trinajstić information content (AvgIpc) is 3.41. The molecule has 0 radical (unpaired) electrons. The third-order valence-electron chi connectivity index (χ3n) is 6.00. The molecule has 3 aliphatic rings. The molecule has 5 rings (SSSR count). The summed E-state index contributed by atoms with van der Waals surface area (Å²) in [5, 5.41) is 5.92. The lowest BCUT2D eigenvalue weighted by Gasteiger charge is -2.13. The van der Waals surface area contributed by atoms with Crippen LogP contribution in [-0.4, -0.2) is 23.0 Å². The van der Waals surface area contributed by atoms with Crippen LogP contribution in [0.2, 0.25) is 5.02 Å². The van der Waals surface area contributed by atoms with Gasteiger partial charge in [0.15, 0.2) is 0 Å². The number of carbonyl (C=O) groups is 2. The van der Waals surface area contributed by atoms with E-state index in [9.17, 15) is 9.59 Å². The Morgan fingerprint density at radius 2 is 1.66 bits per heavy atom. The van der Waals surface area contributed by atoms with Crippen LogP contribution in [0, 0.1) is 23.7 Å². The summed E-state index contributed by atoms with van der Waals surface area (Å²) in [6, 6.07) is 14.9. The summed E-state index contributed by atoms with van der Waals surface area (Å²) in [5.41, 5.74) is 1.70. The number of hydrogen-bond donors (Lipinski definition) is 0. The number of nitrogens with zero attached hydrogens (tertiary/aromatic N) is 2. The van der Waals surface area contributed by atoms with Crippen LogP contribution in [0.15, 0.2) is 65.8 Å². The molecule has 29 heavy (non-hydrogen) atoms. The van der Waals surface area contributed by atoms with E-state index in [1.165, 1.54) is 0 Å². The lowest BCUT2D eigenvalue weighted by atomic mass is 9.85. The predicted molar refractivity (Wildman–Crippen MR) is 109 cm³/mol. The lowest BCUT2D eigenvalue weighted by Crippen LogP contribution is -2.28. The molecule has 2 aromatic rings. The average molecular weight is 407 g/mol. The first-order valence-corrected chi connectivity index (χ1v) is 10.1. The molecule has 0 spiro atoms. The second-order valence-corrected chi connectivity index (χ2v) is 8.09. The van der Waals surface area contributed by atoms with E-state index in [1.807, 2.05) is 48.5 Å². The molecule has 1 saturated heterocycles. The number of hydrazone groups is 1. The quantitative estimate of drug-likeness (QED) is 0.427. The highest BCUT2D eigenvalue weighted by atomic mass is 35.5. The van der Waals surface area contributed by atoms with Gasteiger partial charge in [0.1, 0.15) is 12.4 Å². The van der Waals surface area contributed by atoms with E-state index in [0.29, 0.717) is 17.4 Å². The van der Waals surface area contributed by atoms with Gasteiger partial charge in [-0.2, -0.15) is 10.1 Å². The van der Waals surface area contributed by atoms with Crippen LogP contribution in [0.5, 0.6) is 5.75 Å². The summed E-state index contributed by atoms with van der Waals surface area (Å²) in [4.78, 5) is 25.3. The number of amides is 2. The molecule has 6 heteroatoms. The number of imide groups is 1. The zero-order valence-corrected chi connectivity index (χ0v) is 16.3. The highest BCUT2D eigenvalue weighted by molar-refractivity contribution is 6.31. The van der Waals surface area contributed by atoms with Gasteiger partial charge >= 0.3 is 0 Å². The van der Waals surface area contributed by atoms with Crippen molar-refractivity contribution in [2.24, 2.45) is 28.8 Å². The van der Waals surface area contributed by atoms with Crippen molar-refractivity contribution in [3.8, 4) is 5.75 Å². The minimum atomic E-state index is -0.227. The number of fused-ring (bicyclic) bond motifs is 5. The lowest BCUT2D eigenvalue weighted by molar-refractivity contribution is -0.140. The van der Waals surface area contributed by atoms with Gasteiger partial charge in [0.25, 0.3) is 11.8 Å². The fourth-order valence-electron chi connectivity index (χ4n) is 4.55. The first-order valence-electron chi connectivity index (χ1n) is 9.68. The predicted octanol–water partition coefficient (Wildman–Crippen LogP) is 4.06. The van der Waals surface area contributed by atoms with Crippen molar-refractivity contribution in [2.75, 3.05) is 0 Å². The smallest absolute Gasteiger partial charge is 0.254 e. The van der Waals surface area contributed by atoms with Gasteiger partial charge < -0.3 is 4.74 Å². The van der Waals surface area contributed by atoms with Crippen LogP contribution in [0.4, 0.5) is 0 Å². The molecular weight excluding hydrogens is 388 g/mol. The molecule has 2 aromatic carbocycles. The zero-order valence-electron chi connectivity index (χ0n) is 15.6. The normalized spacial score (nSPS) is 27.3. The number of benzene rings is 2. The molecular formula is C23H19ClN2O3. The van der Waals surface area contributed by atoms with Crippen LogP contribution < -0.4 is 4.74 Å². The minimum Gasteiger partial charge on any atom is -0.489 e. The standard InChI is InChI=1S/C23H19ClN2O3/c24-19-4-2-1-3-17(19)13-29-18-9-5-14(6-10-18)12-25-26-22(27)20-15-7-8-16(11-15)21(20)23(26)28/h1-10,12,15-16,20-21H,11,13H2. The Labute approximate surface area is 173 Å². The number of allylic oxidation sites excluding steroid dienone is 2. The molecule has 1 heterocycles. The Hall–Kier alpha value is -2.92. The summed E-state index contributed by atoms with van der Waals surface area (Å²) in [5.74, 6) is 0.283. The maximum Gasteiger partial charge on any atom is 0.254 e. The van der Waals surface area contributed by atoms with Crippen molar-refractivity contribution in [1.82, 2.24) is 5.01 Å². The third-order valence-corrected chi connectivity index (χ3v) is 6.37. The minimum absolute atomic E-state index is 0.173. The maximum absolute atomic E-state index is 12.6. The van der Waals surface area contributed by atoms with Crippen LogP contribution in [0.3, 0.4) is 0 Å². The van der Waals surface area contributed by atoms with Gasteiger partial charge in [-0.25, -0.2) is 0 Å². The van der Waals surface area contributed by atoms with E-state index >= 15 is 0 Å². The number of hydrogen-bond acceptors (Lipinski definition) is 4. The molecule has 0 aromatic heterocycles. The molecule has 4 unspecified atom stereocenters. The Balaban J connectivity index is 1.23. The fourth-order valence-corrected chi connectivity index (χ4v) is 4.74. The Kier molecular flexibility index (Phi) is 4.47. The molecule has 2 bridgehead atoms. The second-order valence-electron chi connectivity index (χ2n) is 7.68. The van der Waals surface area contributed by atoms with Crippen molar-refractivity contribution in [1.29, 1.82) is 0 Å². The van der Waals surface area contributed by atoms with Gasteiger partial charge in [0.05, 0.1) is 18.1 Å². The van der Waals surface area contributed by atoms with Gasteiger partial charge in [0, 0.05) is 10.6 Å². The van der Waals surface area contributed by atoms with Gasteiger partial charge in [-0.15, -0.1) is 0 Å².